The normalized spacial score (nSPS) is 23.7. The van der Waals surface area contributed by atoms with Crippen LogP contribution in [0.15, 0.2) is 0 Å². The van der Waals surface area contributed by atoms with Gasteiger partial charge >= 0.3 is 0 Å². The van der Waals surface area contributed by atoms with Gasteiger partial charge in [0.15, 0.2) is 0 Å². The van der Waals surface area contributed by atoms with Gasteiger partial charge in [0.25, 0.3) is 0 Å². The quantitative estimate of drug-likeness (QED) is 0.503. The smallest absolute Gasteiger partial charge is 0.0569 e. The van der Waals surface area contributed by atoms with Crippen molar-refractivity contribution in [2.45, 2.75) is 18.6 Å². The second kappa shape index (κ2) is 4.87. The maximum atomic E-state index is 5.98. The van der Waals surface area contributed by atoms with Crippen LogP contribution in [0.25, 0.3) is 0 Å². The summed E-state index contributed by atoms with van der Waals surface area (Å²) in [7, 11) is 1.29. The maximum absolute atomic E-state index is 5.98. The molecule has 1 aliphatic heterocycles. The Morgan fingerprint density at radius 2 is 2.09 bits per heavy atom. The van der Waals surface area contributed by atoms with E-state index in [9.17, 15) is 0 Å². The molecule has 0 aromatic heterocycles. The van der Waals surface area contributed by atoms with Gasteiger partial charge in [0.2, 0.25) is 0 Å². The molecule has 1 heterocycles. The summed E-state index contributed by atoms with van der Waals surface area (Å²) in [6.45, 7) is 4.47. The Morgan fingerprint density at radius 1 is 1.45 bits per heavy atom. The molecule has 1 fully saturated rings. The molecule has 1 saturated heterocycles. The Kier molecular flexibility index (Phi) is 4.07. The van der Waals surface area contributed by atoms with Crippen molar-refractivity contribution in [1.29, 1.82) is 0 Å². The highest BCUT2D eigenvalue weighted by molar-refractivity contribution is 6.08. The SMILES string of the molecule is NC(CC[SiH3])N1CCNCC1. The van der Waals surface area contributed by atoms with Crippen molar-refractivity contribution in [1.82, 2.24) is 10.2 Å². The fraction of sp³-hybridized carbons (Fsp3) is 1.00. The lowest BCUT2D eigenvalue weighted by molar-refractivity contribution is 0.172. The van der Waals surface area contributed by atoms with Crippen LogP contribution < -0.4 is 11.1 Å². The van der Waals surface area contributed by atoms with E-state index in [2.05, 4.69) is 10.2 Å². The fourth-order valence-corrected chi connectivity index (χ4v) is 2.08. The molecule has 1 rings (SSSR count). The summed E-state index contributed by atoms with van der Waals surface area (Å²) in [6.07, 6.45) is 1.52. The molecule has 1 unspecified atom stereocenters. The van der Waals surface area contributed by atoms with Crippen LogP contribution in [0.2, 0.25) is 6.04 Å². The highest BCUT2D eigenvalue weighted by Crippen LogP contribution is 2.01. The molecule has 1 atom stereocenters. The first-order chi connectivity index (χ1) is 5.34. The Bertz CT molecular complexity index is 104. The van der Waals surface area contributed by atoms with Gasteiger partial charge in [-0.15, -0.1) is 0 Å². The zero-order valence-electron chi connectivity index (χ0n) is 7.34. The number of hydrogen-bond acceptors (Lipinski definition) is 3. The molecule has 0 aliphatic carbocycles. The number of nitrogens with one attached hydrogen (secondary N) is 1. The molecule has 66 valence electrons. The van der Waals surface area contributed by atoms with Gasteiger partial charge in [-0.3, -0.25) is 4.90 Å². The van der Waals surface area contributed by atoms with E-state index in [-0.39, 0.29) is 0 Å². The van der Waals surface area contributed by atoms with Crippen LogP contribution in [0.5, 0.6) is 0 Å². The van der Waals surface area contributed by atoms with Gasteiger partial charge in [0.05, 0.1) is 6.17 Å². The second-order valence-electron chi connectivity index (χ2n) is 3.14. The third kappa shape index (κ3) is 2.90. The first kappa shape index (κ1) is 9.19. The summed E-state index contributed by atoms with van der Waals surface area (Å²) in [5, 5.41) is 3.32. The van der Waals surface area contributed by atoms with Crippen LogP contribution in [0.1, 0.15) is 6.42 Å². The van der Waals surface area contributed by atoms with Crippen LogP contribution in [0.4, 0.5) is 0 Å². The number of hydrogen-bond donors (Lipinski definition) is 2. The van der Waals surface area contributed by atoms with Crippen LogP contribution in [-0.2, 0) is 0 Å². The highest BCUT2D eigenvalue weighted by Gasteiger charge is 2.14. The number of piperazine rings is 1. The zero-order valence-corrected chi connectivity index (χ0v) is 9.34. The van der Waals surface area contributed by atoms with Crippen molar-refractivity contribution in [2.24, 2.45) is 5.73 Å². The van der Waals surface area contributed by atoms with Gasteiger partial charge in [-0.2, -0.15) is 0 Å². The maximum Gasteiger partial charge on any atom is 0.0569 e. The Morgan fingerprint density at radius 3 is 2.64 bits per heavy atom. The Balaban J connectivity index is 2.21. The van der Waals surface area contributed by atoms with Crippen molar-refractivity contribution in [3.8, 4) is 0 Å². The number of nitrogens with two attached hydrogens (primary N) is 1. The molecule has 11 heavy (non-hydrogen) atoms. The minimum Gasteiger partial charge on any atom is -0.316 e. The van der Waals surface area contributed by atoms with Gasteiger partial charge in [-0.1, -0.05) is 6.04 Å². The summed E-state index contributed by atoms with van der Waals surface area (Å²) in [6, 6.07) is 1.32. The van der Waals surface area contributed by atoms with E-state index >= 15 is 0 Å². The lowest BCUT2D eigenvalue weighted by Crippen LogP contribution is -2.51. The molecule has 0 aromatic rings. The van der Waals surface area contributed by atoms with E-state index in [4.69, 9.17) is 5.73 Å². The minimum absolute atomic E-state index is 0.328. The third-order valence-corrected chi connectivity index (χ3v) is 2.78. The monoisotopic (exact) mass is 173 g/mol. The standard InChI is InChI=1S/C7H19N3Si/c8-7(1-6-11)10-4-2-9-3-5-10/h7,9H,1-6,8H2,11H3. The van der Waals surface area contributed by atoms with Crippen molar-refractivity contribution < 1.29 is 0 Å². The van der Waals surface area contributed by atoms with Crippen LogP contribution in [-0.4, -0.2) is 47.5 Å². The van der Waals surface area contributed by atoms with Crippen molar-refractivity contribution in [2.75, 3.05) is 26.2 Å². The van der Waals surface area contributed by atoms with Gasteiger partial charge in [-0.05, 0) is 6.42 Å². The van der Waals surface area contributed by atoms with Crippen LogP contribution in [0, 0.1) is 0 Å². The Labute approximate surface area is 71.7 Å². The summed E-state index contributed by atoms with van der Waals surface area (Å²) in [5.41, 5.74) is 5.98. The summed E-state index contributed by atoms with van der Waals surface area (Å²) in [5.74, 6) is 0. The minimum atomic E-state index is 0.328. The molecule has 3 N–H and O–H groups in total. The zero-order chi connectivity index (χ0) is 8.10. The van der Waals surface area contributed by atoms with E-state index in [1.54, 1.807) is 0 Å². The fourth-order valence-electron chi connectivity index (χ4n) is 1.49. The molecule has 0 radical (unpaired) electrons. The predicted molar refractivity (Wildman–Crippen MR) is 51.8 cm³/mol. The van der Waals surface area contributed by atoms with Gasteiger partial charge in [0, 0.05) is 36.4 Å². The van der Waals surface area contributed by atoms with Crippen LogP contribution in [0.3, 0.4) is 0 Å². The largest absolute Gasteiger partial charge is 0.316 e. The third-order valence-electron chi connectivity index (χ3n) is 2.21. The summed E-state index contributed by atoms with van der Waals surface area (Å²) < 4.78 is 0. The Hall–Kier alpha value is 0.0969. The van der Waals surface area contributed by atoms with Gasteiger partial charge in [-0.25, -0.2) is 0 Å². The van der Waals surface area contributed by atoms with Crippen molar-refractivity contribution in [3.05, 3.63) is 0 Å². The van der Waals surface area contributed by atoms with Crippen molar-refractivity contribution >= 4 is 10.2 Å². The average molecular weight is 173 g/mol. The number of nitrogens with zero attached hydrogens (tertiary/aromatic N) is 1. The predicted octanol–water partition coefficient (Wildman–Crippen LogP) is -1.65. The van der Waals surface area contributed by atoms with Crippen molar-refractivity contribution in [3.63, 3.8) is 0 Å². The molecule has 4 heteroatoms. The van der Waals surface area contributed by atoms with Crippen LogP contribution >= 0.6 is 0 Å². The molecule has 0 bridgehead atoms. The molecule has 1 aliphatic rings. The summed E-state index contributed by atoms with van der Waals surface area (Å²) >= 11 is 0. The highest BCUT2D eigenvalue weighted by atomic mass is 28.1. The molecule has 0 aromatic carbocycles. The lowest BCUT2D eigenvalue weighted by atomic mass is 10.3. The van der Waals surface area contributed by atoms with Gasteiger partial charge in [0.1, 0.15) is 0 Å². The van der Waals surface area contributed by atoms with E-state index < -0.39 is 0 Å². The molecular weight excluding hydrogens is 154 g/mol. The first-order valence-electron chi connectivity index (χ1n) is 4.55. The second-order valence-corrected chi connectivity index (χ2v) is 4.14. The molecule has 3 nitrogen and oxygen atoms in total. The number of rotatable bonds is 3. The van der Waals surface area contributed by atoms with E-state index in [1.807, 2.05) is 0 Å². The molecular formula is C7H19N3Si. The molecule has 0 saturated carbocycles. The molecule has 0 amide bonds. The average Bonchev–Trinajstić information content (AvgIpc) is 2.07. The van der Waals surface area contributed by atoms with Gasteiger partial charge < -0.3 is 11.1 Å². The van der Waals surface area contributed by atoms with E-state index in [0.717, 1.165) is 26.2 Å². The lowest BCUT2D eigenvalue weighted by Gasteiger charge is -2.32. The van der Waals surface area contributed by atoms with E-state index in [1.165, 1.54) is 22.7 Å². The topological polar surface area (TPSA) is 41.3 Å². The first-order valence-corrected chi connectivity index (χ1v) is 5.96. The molecule has 0 spiro atoms. The summed E-state index contributed by atoms with van der Waals surface area (Å²) in [4.78, 5) is 2.38. The van der Waals surface area contributed by atoms with E-state index in [0.29, 0.717) is 6.17 Å².